The van der Waals surface area contributed by atoms with Crippen molar-refractivity contribution >= 4 is 34.5 Å². The average Bonchev–Trinajstić information content (AvgIpc) is 3.17. The lowest BCUT2D eigenvalue weighted by Crippen LogP contribution is -2.37. The molecule has 2 aromatic rings. The summed E-state index contributed by atoms with van der Waals surface area (Å²) in [6.07, 6.45) is 0.405. The Morgan fingerprint density at radius 2 is 1.57 bits per heavy atom. The van der Waals surface area contributed by atoms with Crippen molar-refractivity contribution in [2.75, 3.05) is 6.54 Å². The van der Waals surface area contributed by atoms with Gasteiger partial charge >= 0.3 is 0 Å². The molecule has 2 heterocycles. The number of amides is 3. The van der Waals surface area contributed by atoms with E-state index in [2.05, 4.69) is 5.10 Å². The number of carbonyl (C=O) groups is 3. The molecular formula is C21H19N3O3S. The number of hydrogen-bond acceptors (Lipinski definition) is 5. The molecule has 3 amide bonds. The van der Waals surface area contributed by atoms with Crippen LogP contribution in [0.5, 0.6) is 0 Å². The molecule has 0 N–H and O–H groups in total. The first-order chi connectivity index (χ1) is 13.4. The van der Waals surface area contributed by atoms with Gasteiger partial charge in [0.15, 0.2) is 0 Å². The van der Waals surface area contributed by atoms with E-state index in [4.69, 9.17) is 0 Å². The molecule has 0 aromatic heterocycles. The number of hydrazone groups is 1. The van der Waals surface area contributed by atoms with Gasteiger partial charge in [0, 0.05) is 19.9 Å². The van der Waals surface area contributed by atoms with Crippen LogP contribution in [0.3, 0.4) is 0 Å². The third kappa shape index (κ3) is 2.92. The largest absolute Gasteiger partial charge is 0.274 e. The number of imide groups is 1. The van der Waals surface area contributed by atoms with Gasteiger partial charge in [0.2, 0.25) is 5.91 Å². The molecule has 0 spiro atoms. The SMILES string of the molecule is CC(=O)N1N=C(CCN2C(=O)c3ccccc3C2=O)SC1(C)c1ccccc1. The van der Waals surface area contributed by atoms with E-state index in [-0.39, 0.29) is 24.3 Å². The van der Waals surface area contributed by atoms with E-state index in [1.165, 1.54) is 28.6 Å². The maximum Gasteiger partial charge on any atom is 0.261 e. The number of carbonyl (C=O) groups excluding carboxylic acids is 3. The lowest BCUT2D eigenvalue weighted by atomic mass is 10.1. The predicted octanol–water partition coefficient (Wildman–Crippen LogP) is 3.45. The highest BCUT2D eigenvalue weighted by molar-refractivity contribution is 8.14. The smallest absolute Gasteiger partial charge is 0.261 e. The summed E-state index contributed by atoms with van der Waals surface area (Å²) in [5, 5.41) is 6.69. The summed E-state index contributed by atoms with van der Waals surface area (Å²) < 4.78 is 0. The monoisotopic (exact) mass is 393 g/mol. The van der Waals surface area contributed by atoms with E-state index < -0.39 is 4.87 Å². The maximum absolute atomic E-state index is 12.5. The van der Waals surface area contributed by atoms with E-state index in [0.29, 0.717) is 17.5 Å². The molecule has 142 valence electrons. The first-order valence-electron chi connectivity index (χ1n) is 9.00. The highest BCUT2D eigenvalue weighted by Gasteiger charge is 2.43. The van der Waals surface area contributed by atoms with Crippen molar-refractivity contribution in [3.05, 3.63) is 71.3 Å². The maximum atomic E-state index is 12.5. The van der Waals surface area contributed by atoms with Crippen LogP contribution in [-0.2, 0) is 9.67 Å². The average molecular weight is 393 g/mol. The van der Waals surface area contributed by atoms with Gasteiger partial charge in [0.1, 0.15) is 4.87 Å². The number of hydrogen-bond donors (Lipinski definition) is 0. The Labute approximate surface area is 167 Å². The second-order valence-corrected chi connectivity index (χ2v) is 8.30. The normalized spacial score (nSPS) is 21.1. The van der Waals surface area contributed by atoms with Gasteiger partial charge in [0.05, 0.1) is 16.2 Å². The molecule has 1 unspecified atom stereocenters. The molecule has 2 aliphatic heterocycles. The number of nitrogens with zero attached hydrogens (tertiary/aromatic N) is 3. The third-order valence-electron chi connectivity index (χ3n) is 4.97. The molecule has 0 aliphatic carbocycles. The van der Waals surface area contributed by atoms with E-state index in [9.17, 15) is 14.4 Å². The van der Waals surface area contributed by atoms with Crippen LogP contribution < -0.4 is 0 Å². The molecule has 0 radical (unpaired) electrons. The molecule has 0 saturated carbocycles. The number of fused-ring (bicyclic) bond motifs is 1. The van der Waals surface area contributed by atoms with Gasteiger partial charge in [-0.25, -0.2) is 5.01 Å². The van der Waals surface area contributed by atoms with Crippen molar-refractivity contribution in [2.24, 2.45) is 5.10 Å². The minimum Gasteiger partial charge on any atom is -0.274 e. The van der Waals surface area contributed by atoms with Gasteiger partial charge in [-0.05, 0) is 24.6 Å². The van der Waals surface area contributed by atoms with Crippen LogP contribution >= 0.6 is 11.8 Å². The molecule has 0 bridgehead atoms. The molecule has 28 heavy (non-hydrogen) atoms. The van der Waals surface area contributed by atoms with Crippen molar-refractivity contribution in [3.63, 3.8) is 0 Å². The van der Waals surface area contributed by atoms with Gasteiger partial charge in [-0.3, -0.25) is 19.3 Å². The van der Waals surface area contributed by atoms with Crippen molar-refractivity contribution in [1.82, 2.24) is 9.91 Å². The minimum absolute atomic E-state index is 0.158. The Morgan fingerprint density at radius 3 is 2.14 bits per heavy atom. The Bertz CT molecular complexity index is 970. The summed E-state index contributed by atoms with van der Waals surface area (Å²) in [4.78, 5) is 37.8. The van der Waals surface area contributed by atoms with Crippen molar-refractivity contribution in [1.29, 1.82) is 0 Å². The fraction of sp³-hybridized carbons (Fsp3) is 0.238. The molecule has 2 aromatic carbocycles. The molecule has 4 rings (SSSR count). The fourth-order valence-corrected chi connectivity index (χ4v) is 4.83. The summed E-state index contributed by atoms with van der Waals surface area (Å²) in [7, 11) is 0. The van der Waals surface area contributed by atoms with E-state index in [0.717, 1.165) is 10.6 Å². The molecule has 0 fully saturated rings. The van der Waals surface area contributed by atoms with Gasteiger partial charge in [-0.2, -0.15) is 5.10 Å². The summed E-state index contributed by atoms with van der Waals surface area (Å²) in [5.74, 6) is -0.716. The standard InChI is InChI=1S/C21H19N3O3S/c1-14(25)24-21(2,15-8-4-3-5-9-15)28-18(22-24)12-13-23-19(26)16-10-6-7-11-17(16)20(23)27/h3-11H,12-13H2,1-2H3. The molecule has 2 aliphatic rings. The predicted molar refractivity (Wildman–Crippen MR) is 108 cm³/mol. The van der Waals surface area contributed by atoms with E-state index >= 15 is 0 Å². The third-order valence-corrected chi connectivity index (χ3v) is 6.29. The molecule has 0 saturated heterocycles. The van der Waals surface area contributed by atoms with Gasteiger partial charge < -0.3 is 0 Å². The highest BCUT2D eigenvalue weighted by atomic mass is 32.2. The van der Waals surface area contributed by atoms with Gasteiger partial charge in [0.25, 0.3) is 11.8 Å². The van der Waals surface area contributed by atoms with Crippen LogP contribution in [0.4, 0.5) is 0 Å². The highest BCUT2D eigenvalue weighted by Crippen LogP contribution is 2.46. The van der Waals surface area contributed by atoms with Crippen molar-refractivity contribution in [2.45, 2.75) is 25.1 Å². The molecule has 1 atom stereocenters. The zero-order valence-electron chi connectivity index (χ0n) is 15.6. The Morgan fingerprint density at radius 1 is 1.00 bits per heavy atom. The van der Waals surface area contributed by atoms with E-state index in [1.54, 1.807) is 24.3 Å². The van der Waals surface area contributed by atoms with Crippen LogP contribution in [0.25, 0.3) is 0 Å². The second-order valence-electron chi connectivity index (χ2n) is 6.83. The minimum atomic E-state index is -0.648. The van der Waals surface area contributed by atoms with Crippen LogP contribution in [0.15, 0.2) is 59.7 Å². The Hall–Kier alpha value is -2.93. The summed E-state index contributed by atoms with van der Waals surface area (Å²) in [5.41, 5.74) is 1.84. The summed E-state index contributed by atoms with van der Waals surface area (Å²) in [6.45, 7) is 3.67. The lowest BCUT2D eigenvalue weighted by Gasteiger charge is -2.31. The zero-order valence-corrected chi connectivity index (χ0v) is 16.4. The molecule has 7 heteroatoms. The van der Waals surface area contributed by atoms with Crippen molar-refractivity contribution < 1.29 is 14.4 Å². The first-order valence-corrected chi connectivity index (χ1v) is 9.81. The Kier molecular flexibility index (Phi) is 4.55. The topological polar surface area (TPSA) is 70.1 Å². The first kappa shape index (κ1) is 18.4. The van der Waals surface area contributed by atoms with Crippen LogP contribution in [-0.4, -0.2) is 39.2 Å². The number of benzene rings is 2. The lowest BCUT2D eigenvalue weighted by molar-refractivity contribution is -0.131. The molecular weight excluding hydrogens is 374 g/mol. The molecule has 6 nitrogen and oxygen atoms in total. The summed E-state index contributed by atoms with van der Waals surface area (Å²) in [6, 6.07) is 16.5. The van der Waals surface area contributed by atoms with E-state index in [1.807, 2.05) is 37.3 Å². The van der Waals surface area contributed by atoms with Crippen molar-refractivity contribution in [3.8, 4) is 0 Å². The Balaban J connectivity index is 1.52. The number of rotatable bonds is 4. The van der Waals surface area contributed by atoms with Crippen LogP contribution in [0, 0.1) is 0 Å². The van der Waals surface area contributed by atoms with Gasteiger partial charge in [-0.1, -0.05) is 54.2 Å². The second kappa shape index (κ2) is 6.91. The van der Waals surface area contributed by atoms with Crippen LogP contribution in [0.1, 0.15) is 46.5 Å². The quantitative estimate of drug-likeness (QED) is 0.746. The number of thioether (sulfide) groups is 1. The zero-order chi connectivity index (χ0) is 19.9. The fourth-order valence-electron chi connectivity index (χ4n) is 3.55. The van der Waals surface area contributed by atoms with Gasteiger partial charge in [-0.15, -0.1) is 0 Å². The van der Waals surface area contributed by atoms with Crippen LogP contribution in [0.2, 0.25) is 0 Å². The summed E-state index contributed by atoms with van der Waals surface area (Å²) >= 11 is 1.48.